The predicted octanol–water partition coefficient (Wildman–Crippen LogP) is 3.23. The van der Waals surface area contributed by atoms with E-state index in [2.05, 4.69) is 38.1 Å². The second-order valence-corrected chi connectivity index (χ2v) is 4.06. The van der Waals surface area contributed by atoms with E-state index in [-0.39, 0.29) is 0 Å². The lowest BCUT2D eigenvalue weighted by Gasteiger charge is -2.05. The zero-order valence-electron chi connectivity index (χ0n) is 8.46. The molecule has 1 N–H and O–H groups in total. The molecule has 1 aromatic heterocycles. The Hall–Kier alpha value is -0.640. The average Bonchev–Trinajstić information content (AvgIpc) is 2.20. The number of nitrogens with zero attached hydrogens (tertiary/aromatic N) is 2. The van der Waals surface area contributed by atoms with Crippen LogP contribution in [-0.2, 0) is 0 Å². The van der Waals surface area contributed by atoms with Gasteiger partial charge in [0.15, 0.2) is 0 Å². The van der Waals surface area contributed by atoms with E-state index in [4.69, 9.17) is 0 Å². The number of unbranched alkanes of at least 4 members (excludes halogenated alkanes) is 3. The lowest BCUT2D eigenvalue weighted by Crippen LogP contribution is -2.03. The van der Waals surface area contributed by atoms with Gasteiger partial charge in [0.1, 0.15) is 12.1 Å². The van der Waals surface area contributed by atoms with Gasteiger partial charge in [0.2, 0.25) is 0 Å². The van der Waals surface area contributed by atoms with Crippen molar-refractivity contribution in [3.63, 3.8) is 0 Å². The molecule has 0 aliphatic heterocycles. The van der Waals surface area contributed by atoms with Crippen molar-refractivity contribution in [1.82, 2.24) is 9.97 Å². The monoisotopic (exact) mass is 257 g/mol. The lowest BCUT2D eigenvalue weighted by molar-refractivity contribution is 0.684. The number of nitrogens with one attached hydrogen (secondary N) is 1. The molecule has 0 atom stereocenters. The highest BCUT2D eigenvalue weighted by Crippen LogP contribution is 2.16. The molecule has 0 aromatic carbocycles. The second kappa shape index (κ2) is 6.76. The molecule has 14 heavy (non-hydrogen) atoms. The van der Waals surface area contributed by atoms with Crippen LogP contribution in [0.15, 0.2) is 17.0 Å². The van der Waals surface area contributed by atoms with E-state index in [1.807, 2.05) is 0 Å². The minimum Gasteiger partial charge on any atom is -0.369 e. The Labute approximate surface area is 93.5 Å². The average molecular weight is 258 g/mol. The summed E-state index contributed by atoms with van der Waals surface area (Å²) in [5.74, 6) is 0.886. The highest BCUT2D eigenvalue weighted by atomic mass is 79.9. The molecule has 1 aromatic rings. The van der Waals surface area contributed by atoms with Gasteiger partial charge in [0, 0.05) is 12.7 Å². The maximum absolute atomic E-state index is 4.13. The Morgan fingerprint density at radius 3 is 2.93 bits per heavy atom. The second-order valence-electron chi connectivity index (χ2n) is 3.21. The molecule has 0 fully saturated rings. The van der Waals surface area contributed by atoms with Gasteiger partial charge in [-0.25, -0.2) is 9.97 Å². The number of hydrogen-bond acceptors (Lipinski definition) is 3. The molecule has 1 rings (SSSR count). The highest BCUT2D eigenvalue weighted by Gasteiger charge is 1.98. The fourth-order valence-electron chi connectivity index (χ4n) is 1.20. The van der Waals surface area contributed by atoms with Gasteiger partial charge < -0.3 is 5.32 Å². The van der Waals surface area contributed by atoms with Crippen LogP contribution < -0.4 is 5.32 Å². The van der Waals surface area contributed by atoms with Crippen LogP contribution in [0.4, 0.5) is 5.82 Å². The van der Waals surface area contributed by atoms with E-state index in [0.717, 1.165) is 16.8 Å². The maximum Gasteiger partial charge on any atom is 0.143 e. The Morgan fingerprint density at radius 2 is 2.21 bits per heavy atom. The summed E-state index contributed by atoms with van der Waals surface area (Å²) in [7, 11) is 0. The van der Waals surface area contributed by atoms with Crippen LogP contribution in [0.25, 0.3) is 0 Å². The van der Waals surface area contributed by atoms with Crippen molar-refractivity contribution < 1.29 is 0 Å². The Morgan fingerprint density at radius 1 is 1.36 bits per heavy atom. The van der Waals surface area contributed by atoms with Crippen molar-refractivity contribution >= 4 is 21.7 Å². The van der Waals surface area contributed by atoms with Crippen molar-refractivity contribution in [3.8, 4) is 0 Å². The standard InChI is InChI=1S/C10H16BrN3/c1-2-3-4-5-6-13-10-9(11)7-12-8-14-10/h7-8H,2-6H2,1H3,(H,12,13,14). The molecular weight excluding hydrogens is 242 g/mol. The van der Waals surface area contributed by atoms with Gasteiger partial charge in [-0.05, 0) is 22.4 Å². The highest BCUT2D eigenvalue weighted by molar-refractivity contribution is 9.10. The molecule has 0 saturated heterocycles. The molecule has 78 valence electrons. The fourth-order valence-corrected chi connectivity index (χ4v) is 1.56. The number of rotatable bonds is 6. The molecule has 0 aliphatic carbocycles. The van der Waals surface area contributed by atoms with E-state index in [1.54, 1.807) is 12.5 Å². The first-order valence-electron chi connectivity index (χ1n) is 5.04. The summed E-state index contributed by atoms with van der Waals surface area (Å²) in [6.45, 7) is 3.20. The molecule has 0 aliphatic rings. The number of aromatic nitrogens is 2. The minimum atomic E-state index is 0.886. The van der Waals surface area contributed by atoms with Crippen LogP contribution >= 0.6 is 15.9 Å². The zero-order chi connectivity index (χ0) is 10.2. The Bertz CT molecular complexity index is 265. The molecule has 0 unspecified atom stereocenters. The van der Waals surface area contributed by atoms with E-state index in [0.29, 0.717) is 0 Å². The molecule has 3 nitrogen and oxygen atoms in total. The van der Waals surface area contributed by atoms with Crippen molar-refractivity contribution in [2.24, 2.45) is 0 Å². The van der Waals surface area contributed by atoms with Gasteiger partial charge in [-0.2, -0.15) is 0 Å². The third kappa shape index (κ3) is 4.05. The van der Waals surface area contributed by atoms with E-state index in [1.165, 1.54) is 25.7 Å². The largest absolute Gasteiger partial charge is 0.369 e. The summed E-state index contributed by atoms with van der Waals surface area (Å²) in [6.07, 6.45) is 8.38. The zero-order valence-corrected chi connectivity index (χ0v) is 10.0. The molecule has 0 bridgehead atoms. The Kier molecular flexibility index (Phi) is 5.52. The van der Waals surface area contributed by atoms with Crippen LogP contribution in [0.2, 0.25) is 0 Å². The van der Waals surface area contributed by atoms with Gasteiger partial charge in [-0.1, -0.05) is 26.2 Å². The van der Waals surface area contributed by atoms with E-state index >= 15 is 0 Å². The van der Waals surface area contributed by atoms with E-state index in [9.17, 15) is 0 Å². The predicted molar refractivity (Wildman–Crippen MR) is 62.4 cm³/mol. The molecule has 1 heterocycles. The van der Waals surface area contributed by atoms with Gasteiger partial charge in [0.25, 0.3) is 0 Å². The molecular formula is C10H16BrN3. The normalized spacial score (nSPS) is 10.1. The minimum absolute atomic E-state index is 0.886. The van der Waals surface area contributed by atoms with Crippen LogP contribution in [0.3, 0.4) is 0 Å². The third-order valence-corrected chi connectivity index (χ3v) is 2.57. The van der Waals surface area contributed by atoms with E-state index < -0.39 is 0 Å². The van der Waals surface area contributed by atoms with Crippen LogP contribution in [-0.4, -0.2) is 16.5 Å². The summed E-state index contributed by atoms with van der Waals surface area (Å²) in [4.78, 5) is 8.03. The summed E-state index contributed by atoms with van der Waals surface area (Å²) in [5.41, 5.74) is 0. The van der Waals surface area contributed by atoms with Crippen molar-refractivity contribution in [2.75, 3.05) is 11.9 Å². The van der Waals surface area contributed by atoms with Gasteiger partial charge in [0.05, 0.1) is 4.47 Å². The van der Waals surface area contributed by atoms with Crippen molar-refractivity contribution in [1.29, 1.82) is 0 Å². The van der Waals surface area contributed by atoms with Gasteiger partial charge >= 0.3 is 0 Å². The fraction of sp³-hybridized carbons (Fsp3) is 0.600. The van der Waals surface area contributed by atoms with Crippen molar-refractivity contribution in [3.05, 3.63) is 17.0 Å². The molecule has 0 amide bonds. The first-order chi connectivity index (χ1) is 6.84. The van der Waals surface area contributed by atoms with Crippen molar-refractivity contribution in [2.45, 2.75) is 32.6 Å². The lowest BCUT2D eigenvalue weighted by atomic mass is 10.2. The topological polar surface area (TPSA) is 37.8 Å². The van der Waals surface area contributed by atoms with Crippen LogP contribution in [0.5, 0.6) is 0 Å². The summed E-state index contributed by atoms with van der Waals surface area (Å²) in [6, 6.07) is 0. The quantitative estimate of drug-likeness (QED) is 0.796. The number of anilines is 1. The summed E-state index contributed by atoms with van der Waals surface area (Å²) >= 11 is 3.39. The SMILES string of the molecule is CCCCCCNc1ncncc1Br. The molecule has 0 saturated carbocycles. The van der Waals surface area contributed by atoms with Gasteiger partial charge in [-0.15, -0.1) is 0 Å². The Balaban J connectivity index is 2.21. The third-order valence-electron chi connectivity index (χ3n) is 1.99. The maximum atomic E-state index is 4.13. The van der Waals surface area contributed by atoms with Crippen LogP contribution in [0.1, 0.15) is 32.6 Å². The summed E-state index contributed by atoms with van der Waals surface area (Å²) < 4.78 is 0.926. The molecule has 0 radical (unpaired) electrons. The number of hydrogen-bond donors (Lipinski definition) is 1. The van der Waals surface area contributed by atoms with Gasteiger partial charge in [-0.3, -0.25) is 0 Å². The summed E-state index contributed by atoms with van der Waals surface area (Å²) in [5, 5.41) is 3.27. The first kappa shape index (κ1) is 11.4. The number of halogens is 1. The molecule has 0 spiro atoms. The smallest absolute Gasteiger partial charge is 0.143 e. The first-order valence-corrected chi connectivity index (χ1v) is 5.83. The van der Waals surface area contributed by atoms with Crippen LogP contribution in [0, 0.1) is 0 Å². The molecule has 4 heteroatoms.